The minimum Gasteiger partial charge on any atom is -0.366 e. The molecule has 2 bridgehead atoms. The lowest BCUT2D eigenvalue weighted by Crippen LogP contribution is -2.44. The highest BCUT2D eigenvalue weighted by Crippen LogP contribution is 2.37. The normalized spacial score (nSPS) is 23.2. The Balaban J connectivity index is 1.29. The van der Waals surface area contributed by atoms with E-state index in [1.54, 1.807) is 23.3 Å². The van der Waals surface area contributed by atoms with E-state index in [9.17, 15) is 0 Å². The molecule has 1 aromatic carbocycles. The lowest BCUT2D eigenvalue weighted by Gasteiger charge is -2.36. The lowest BCUT2D eigenvalue weighted by molar-refractivity contribution is 0.168. The first kappa shape index (κ1) is 19.4. The number of aromatic amines is 1. The summed E-state index contributed by atoms with van der Waals surface area (Å²) >= 11 is 0. The van der Waals surface area contributed by atoms with Gasteiger partial charge < -0.3 is 10.2 Å². The summed E-state index contributed by atoms with van der Waals surface area (Å²) in [7, 11) is 4.05. The molecule has 2 aliphatic rings. The molecule has 9 heteroatoms. The van der Waals surface area contributed by atoms with E-state index in [1.165, 1.54) is 18.9 Å². The Bertz CT molecular complexity index is 1260. The van der Waals surface area contributed by atoms with Crippen LogP contribution >= 0.6 is 0 Å². The summed E-state index contributed by atoms with van der Waals surface area (Å²) in [6.07, 6.45) is 9.91. The van der Waals surface area contributed by atoms with Crippen LogP contribution in [-0.2, 0) is 7.05 Å². The Hall–Kier alpha value is -3.33. The van der Waals surface area contributed by atoms with Crippen molar-refractivity contribution in [2.45, 2.75) is 43.8 Å². The molecule has 6 rings (SSSR count). The largest absolute Gasteiger partial charge is 0.366 e. The number of fused-ring (bicyclic) bond motifs is 3. The second kappa shape index (κ2) is 7.37. The second-order valence-corrected chi connectivity index (χ2v) is 9.01. The maximum atomic E-state index is 15.2. The van der Waals surface area contributed by atoms with Crippen molar-refractivity contribution < 1.29 is 4.39 Å². The minimum absolute atomic E-state index is 0.340. The summed E-state index contributed by atoms with van der Waals surface area (Å²) in [5.74, 6) is 0.420. The Labute approximate surface area is 184 Å². The molecule has 4 aromatic rings. The number of anilines is 1. The zero-order valence-electron chi connectivity index (χ0n) is 18.1. The van der Waals surface area contributed by atoms with Crippen molar-refractivity contribution in [3.63, 3.8) is 0 Å². The Morgan fingerprint density at radius 2 is 1.91 bits per heavy atom. The predicted molar refractivity (Wildman–Crippen MR) is 120 cm³/mol. The molecule has 164 valence electrons. The van der Waals surface area contributed by atoms with Crippen molar-refractivity contribution in [3.05, 3.63) is 42.6 Å². The average Bonchev–Trinajstić information content (AvgIpc) is 3.47. The van der Waals surface area contributed by atoms with E-state index in [4.69, 9.17) is 0 Å². The van der Waals surface area contributed by atoms with E-state index in [0.717, 1.165) is 24.2 Å². The van der Waals surface area contributed by atoms with Gasteiger partial charge in [0, 0.05) is 53.4 Å². The summed E-state index contributed by atoms with van der Waals surface area (Å²) in [5.41, 5.74) is 3.16. The van der Waals surface area contributed by atoms with Gasteiger partial charge in [-0.3, -0.25) is 9.78 Å². The third-order valence-electron chi connectivity index (χ3n) is 7.07. The molecule has 2 saturated heterocycles. The second-order valence-electron chi connectivity index (χ2n) is 9.01. The Morgan fingerprint density at radius 1 is 1.09 bits per heavy atom. The number of benzene rings is 1. The quantitative estimate of drug-likeness (QED) is 0.512. The van der Waals surface area contributed by atoms with Crippen molar-refractivity contribution in [3.8, 4) is 22.4 Å². The number of piperidine rings is 1. The van der Waals surface area contributed by atoms with Gasteiger partial charge >= 0.3 is 0 Å². The molecule has 2 unspecified atom stereocenters. The lowest BCUT2D eigenvalue weighted by atomic mass is 9.98. The minimum atomic E-state index is -0.340. The van der Waals surface area contributed by atoms with Crippen molar-refractivity contribution in [2.75, 3.05) is 12.4 Å². The van der Waals surface area contributed by atoms with Crippen LogP contribution < -0.4 is 5.32 Å². The van der Waals surface area contributed by atoms with Crippen LogP contribution in [0, 0.1) is 5.82 Å². The van der Waals surface area contributed by atoms with E-state index in [0.29, 0.717) is 45.9 Å². The van der Waals surface area contributed by atoms with Crippen LogP contribution in [0.5, 0.6) is 0 Å². The van der Waals surface area contributed by atoms with E-state index in [1.807, 2.05) is 19.2 Å². The van der Waals surface area contributed by atoms with Crippen LogP contribution in [0.2, 0.25) is 0 Å². The SMILES string of the molecule is CN1C2CCC1CC(Nc1ccc(-c3cc(F)c(-c4cnn(C)c4)c4cn[nH]c34)nn1)C2. The summed E-state index contributed by atoms with van der Waals surface area (Å²) in [5, 5.41) is 24.4. The van der Waals surface area contributed by atoms with Gasteiger partial charge in [0.25, 0.3) is 0 Å². The monoisotopic (exact) mass is 432 g/mol. The third-order valence-corrected chi connectivity index (χ3v) is 7.07. The molecule has 0 aliphatic carbocycles. The number of hydrogen-bond donors (Lipinski definition) is 2. The maximum Gasteiger partial charge on any atom is 0.148 e. The molecule has 3 aromatic heterocycles. The number of nitrogens with one attached hydrogen (secondary N) is 2. The molecule has 0 amide bonds. The van der Waals surface area contributed by atoms with Crippen molar-refractivity contribution in [2.24, 2.45) is 7.05 Å². The number of nitrogens with zero attached hydrogens (tertiary/aromatic N) is 6. The van der Waals surface area contributed by atoms with Crippen LogP contribution in [0.4, 0.5) is 10.2 Å². The summed E-state index contributed by atoms with van der Waals surface area (Å²) in [6, 6.07) is 7.05. The molecule has 2 atom stereocenters. The molecule has 0 spiro atoms. The van der Waals surface area contributed by atoms with E-state index >= 15 is 4.39 Å². The smallest absolute Gasteiger partial charge is 0.148 e. The zero-order valence-corrected chi connectivity index (χ0v) is 18.1. The van der Waals surface area contributed by atoms with Crippen LogP contribution in [0.25, 0.3) is 33.3 Å². The fraction of sp³-hybridized carbons (Fsp3) is 0.391. The van der Waals surface area contributed by atoms with Gasteiger partial charge in [-0.1, -0.05) is 0 Å². The average molecular weight is 433 g/mol. The highest BCUT2D eigenvalue weighted by atomic mass is 19.1. The highest BCUT2D eigenvalue weighted by molar-refractivity contribution is 6.02. The standard InChI is InChI=1S/C23H25FN8/c1-31-12-13(10-26-31)22-18-11-25-30-23(18)17(9-19(22)24)20-5-6-21(29-28-20)27-14-7-15-3-4-16(8-14)32(15)2/h5-6,9-12,14-16H,3-4,7-8H2,1-2H3,(H,25,30)(H,27,29). The van der Waals surface area contributed by atoms with Gasteiger partial charge in [-0.2, -0.15) is 10.2 Å². The van der Waals surface area contributed by atoms with Crippen LogP contribution in [0.3, 0.4) is 0 Å². The predicted octanol–water partition coefficient (Wildman–Crippen LogP) is 3.60. The zero-order chi connectivity index (χ0) is 21.8. The molecule has 0 radical (unpaired) electrons. The van der Waals surface area contributed by atoms with Gasteiger partial charge in [0.05, 0.1) is 23.6 Å². The number of rotatable bonds is 4. The number of aromatic nitrogens is 6. The first-order valence-corrected chi connectivity index (χ1v) is 11.0. The molecular formula is C23H25FN8. The Kier molecular flexibility index (Phi) is 4.46. The van der Waals surface area contributed by atoms with E-state index in [-0.39, 0.29) is 5.82 Å². The molecule has 5 heterocycles. The summed E-state index contributed by atoms with van der Waals surface area (Å²) in [4.78, 5) is 2.52. The van der Waals surface area contributed by atoms with E-state index in [2.05, 4.69) is 42.8 Å². The van der Waals surface area contributed by atoms with Crippen molar-refractivity contribution >= 4 is 16.7 Å². The Morgan fingerprint density at radius 3 is 2.59 bits per heavy atom. The topological polar surface area (TPSA) is 87.5 Å². The number of aryl methyl sites for hydroxylation is 1. The maximum absolute atomic E-state index is 15.2. The van der Waals surface area contributed by atoms with Crippen molar-refractivity contribution in [1.29, 1.82) is 0 Å². The molecule has 2 aliphatic heterocycles. The first-order valence-electron chi connectivity index (χ1n) is 11.0. The fourth-order valence-electron chi connectivity index (χ4n) is 5.42. The summed E-state index contributed by atoms with van der Waals surface area (Å²) < 4.78 is 16.8. The third kappa shape index (κ3) is 3.15. The molecule has 2 N–H and O–H groups in total. The van der Waals surface area contributed by atoms with Gasteiger partial charge in [-0.25, -0.2) is 4.39 Å². The number of H-pyrrole nitrogens is 1. The van der Waals surface area contributed by atoms with E-state index < -0.39 is 0 Å². The number of halogens is 1. The first-order chi connectivity index (χ1) is 15.6. The van der Waals surface area contributed by atoms with Crippen molar-refractivity contribution in [1.82, 2.24) is 35.1 Å². The molecular weight excluding hydrogens is 407 g/mol. The van der Waals surface area contributed by atoms with Gasteiger partial charge in [0.2, 0.25) is 0 Å². The number of hydrogen-bond acceptors (Lipinski definition) is 6. The fourth-order valence-corrected chi connectivity index (χ4v) is 5.42. The molecule has 8 nitrogen and oxygen atoms in total. The van der Waals surface area contributed by atoms with Crippen LogP contribution in [0.1, 0.15) is 25.7 Å². The molecule has 0 saturated carbocycles. The van der Waals surface area contributed by atoms with Gasteiger partial charge in [0.15, 0.2) is 0 Å². The highest BCUT2D eigenvalue weighted by Gasteiger charge is 2.38. The van der Waals surface area contributed by atoms with Gasteiger partial charge in [-0.15, -0.1) is 10.2 Å². The molecule has 2 fully saturated rings. The summed E-state index contributed by atoms with van der Waals surface area (Å²) in [6.45, 7) is 0. The van der Waals surface area contributed by atoms with Crippen LogP contribution in [0.15, 0.2) is 36.8 Å². The van der Waals surface area contributed by atoms with Crippen LogP contribution in [-0.4, -0.2) is 60.2 Å². The molecule has 32 heavy (non-hydrogen) atoms. The van der Waals surface area contributed by atoms with Gasteiger partial charge in [0.1, 0.15) is 11.6 Å². The van der Waals surface area contributed by atoms with Gasteiger partial charge in [-0.05, 0) is 50.9 Å².